The maximum atomic E-state index is 6.71. The van der Waals surface area contributed by atoms with Gasteiger partial charge in [-0.15, -0.1) is 0 Å². The molecule has 5 unspecified atom stereocenters. The summed E-state index contributed by atoms with van der Waals surface area (Å²) in [6.07, 6.45) is 8.41. The largest absolute Gasteiger partial charge is 0.544 e. The minimum Gasteiger partial charge on any atom is -0.544 e. The van der Waals surface area contributed by atoms with Crippen LogP contribution in [-0.4, -0.2) is 22.7 Å². The van der Waals surface area contributed by atoms with Gasteiger partial charge in [0.1, 0.15) is 5.75 Å². The smallest absolute Gasteiger partial charge is 0.242 e. The molecule has 4 rings (SSSR count). The molecule has 1 aromatic carbocycles. The van der Waals surface area contributed by atoms with Gasteiger partial charge in [-0.2, -0.15) is 0 Å². The van der Waals surface area contributed by atoms with E-state index in [4.69, 9.17) is 8.85 Å². The number of rotatable bonds is 4. The van der Waals surface area contributed by atoms with Gasteiger partial charge in [0.25, 0.3) is 0 Å². The van der Waals surface area contributed by atoms with Crippen LogP contribution in [0.1, 0.15) is 56.1 Å². The van der Waals surface area contributed by atoms with E-state index < -0.39 is 16.6 Å². The first-order valence-corrected chi connectivity index (χ1v) is 18.3. The third-order valence-corrected chi connectivity index (χ3v) is 9.37. The average molecular weight is 417 g/mol. The summed E-state index contributed by atoms with van der Waals surface area (Å²) < 4.78 is 13.0. The van der Waals surface area contributed by atoms with Crippen LogP contribution in [0.3, 0.4) is 0 Å². The van der Waals surface area contributed by atoms with Crippen LogP contribution < -0.4 is 4.43 Å². The van der Waals surface area contributed by atoms with Gasteiger partial charge in [-0.1, -0.05) is 13.0 Å². The monoisotopic (exact) mass is 416 g/mol. The summed E-state index contributed by atoms with van der Waals surface area (Å²) in [5.74, 6) is 3.55. The zero-order valence-electron chi connectivity index (χ0n) is 19.1. The Morgan fingerprint density at radius 3 is 2.36 bits per heavy atom. The van der Waals surface area contributed by atoms with E-state index in [1.54, 1.807) is 11.1 Å². The Morgan fingerprint density at radius 2 is 1.68 bits per heavy atom. The highest BCUT2D eigenvalue weighted by atomic mass is 28.4. The average Bonchev–Trinajstić information content (AvgIpc) is 2.88. The molecule has 5 atom stereocenters. The van der Waals surface area contributed by atoms with Crippen LogP contribution in [0.2, 0.25) is 39.3 Å². The van der Waals surface area contributed by atoms with Gasteiger partial charge in [0.05, 0.1) is 6.10 Å². The molecular formula is C24H40O2Si2. The highest BCUT2D eigenvalue weighted by Gasteiger charge is 2.55. The first-order valence-electron chi connectivity index (χ1n) is 11.5. The fourth-order valence-electron chi connectivity index (χ4n) is 6.55. The summed E-state index contributed by atoms with van der Waals surface area (Å²) in [7, 11) is -3.03. The van der Waals surface area contributed by atoms with Crippen molar-refractivity contribution in [3.63, 3.8) is 0 Å². The van der Waals surface area contributed by atoms with Gasteiger partial charge >= 0.3 is 0 Å². The van der Waals surface area contributed by atoms with E-state index in [9.17, 15) is 0 Å². The van der Waals surface area contributed by atoms with Crippen molar-refractivity contribution in [3.8, 4) is 5.75 Å². The van der Waals surface area contributed by atoms with Gasteiger partial charge in [0.2, 0.25) is 8.32 Å². The van der Waals surface area contributed by atoms with E-state index in [1.807, 2.05) is 0 Å². The van der Waals surface area contributed by atoms with Crippen molar-refractivity contribution in [2.75, 3.05) is 0 Å². The molecule has 0 radical (unpaired) electrons. The molecular weight excluding hydrogens is 376 g/mol. The zero-order valence-corrected chi connectivity index (χ0v) is 21.1. The molecule has 0 aromatic heterocycles. The standard InChI is InChI=1S/C24H40O2Si2/c1-24-15-14-20-19-11-9-18(25-27(2,3)4)16-17(19)8-10-21(20)22(24)12-13-23(24)26-28(5,6)7/h9,11,16,20-23H,8,10,12-15H2,1-7H3. The first kappa shape index (κ1) is 20.7. The van der Waals surface area contributed by atoms with E-state index in [-0.39, 0.29) is 0 Å². The second kappa shape index (κ2) is 6.99. The van der Waals surface area contributed by atoms with E-state index in [0.29, 0.717) is 11.5 Å². The quantitative estimate of drug-likeness (QED) is 0.493. The van der Waals surface area contributed by atoms with Crippen LogP contribution in [0.4, 0.5) is 0 Å². The van der Waals surface area contributed by atoms with Gasteiger partial charge in [0, 0.05) is 0 Å². The second-order valence-corrected chi connectivity index (χ2v) is 20.7. The molecule has 0 saturated heterocycles. The maximum Gasteiger partial charge on any atom is 0.242 e. The van der Waals surface area contributed by atoms with Gasteiger partial charge < -0.3 is 8.85 Å². The summed E-state index contributed by atoms with van der Waals surface area (Å²) >= 11 is 0. The molecule has 0 heterocycles. The fourth-order valence-corrected chi connectivity index (χ4v) is 8.62. The Hall–Kier alpha value is -0.586. The summed E-state index contributed by atoms with van der Waals surface area (Å²) in [6, 6.07) is 7.03. The summed E-state index contributed by atoms with van der Waals surface area (Å²) in [5.41, 5.74) is 3.60. The fraction of sp³-hybridized carbons (Fsp3) is 0.750. The molecule has 1 aromatic rings. The first-order chi connectivity index (χ1) is 13.0. The van der Waals surface area contributed by atoms with E-state index in [2.05, 4.69) is 64.4 Å². The topological polar surface area (TPSA) is 18.5 Å². The predicted molar refractivity (Wildman–Crippen MR) is 123 cm³/mol. The molecule has 3 aliphatic carbocycles. The van der Waals surface area contributed by atoms with Crippen LogP contribution in [0.5, 0.6) is 5.75 Å². The van der Waals surface area contributed by atoms with Crippen molar-refractivity contribution in [1.29, 1.82) is 0 Å². The normalized spacial score (nSPS) is 35.1. The number of benzene rings is 1. The SMILES string of the molecule is CC12CCC3c4ccc(O[Si](C)(C)C)cc4CCC3C1CCC2O[Si](C)(C)C. The summed E-state index contributed by atoms with van der Waals surface area (Å²) in [5, 5.41) is 0. The van der Waals surface area contributed by atoms with Gasteiger partial charge in [-0.3, -0.25) is 0 Å². The number of hydrogen-bond acceptors (Lipinski definition) is 2. The lowest BCUT2D eigenvalue weighted by Crippen LogP contribution is -2.47. The highest BCUT2D eigenvalue weighted by Crippen LogP contribution is 2.61. The zero-order chi connectivity index (χ0) is 20.3. The van der Waals surface area contributed by atoms with Gasteiger partial charge in [-0.25, -0.2) is 0 Å². The van der Waals surface area contributed by atoms with E-state index in [0.717, 1.165) is 23.5 Å². The molecule has 156 valence electrons. The minimum absolute atomic E-state index is 0.403. The van der Waals surface area contributed by atoms with Crippen LogP contribution >= 0.6 is 0 Å². The molecule has 2 fully saturated rings. The number of fused-ring (bicyclic) bond motifs is 5. The second-order valence-electron chi connectivity index (χ2n) is 11.8. The molecule has 2 saturated carbocycles. The number of aryl methyl sites for hydroxylation is 1. The van der Waals surface area contributed by atoms with Crippen LogP contribution in [0.15, 0.2) is 18.2 Å². The maximum absolute atomic E-state index is 6.71. The van der Waals surface area contributed by atoms with Crippen molar-refractivity contribution in [2.24, 2.45) is 17.3 Å². The lowest BCUT2D eigenvalue weighted by Gasteiger charge is -2.51. The van der Waals surface area contributed by atoms with Crippen molar-refractivity contribution in [1.82, 2.24) is 0 Å². The molecule has 0 N–H and O–H groups in total. The van der Waals surface area contributed by atoms with Crippen LogP contribution in [-0.2, 0) is 10.8 Å². The minimum atomic E-state index is -1.54. The van der Waals surface area contributed by atoms with E-state index in [1.165, 1.54) is 38.5 Å². The van der Waals surface area contributed by atoms with Crippen molar-refractivity contribution in [2.45, 2.75) is 96.8 Å². The Balaban J connectivity index is 1.56. The lowest BCUT2D eigenvalue weighted by atomic mass is 9.55. The van der Waals surface area contributed by atoms with Gasteiger partial charge in [-0.05, 0) is 124 Å². The summed E-state index contributed by atoms with van der Waals surface area (Å²) in [6.45, 7) is 16.4. The molecule has 0 amide bonds. The Labute approximate surface area is 174 Å². The van der Waals surface area contributed by atoms with Crippen molar-refractivity contribution < 1.29 is 8.85 Å². The van der Waals surface area contributed by atoms with Crippen LogP contribution in [0.25, 0.3) is 0 Å². The third-order valence-electron chi connectivity index (χ3n) is 7.53. The van der Waals surface area contributed by atoms with Gasteiger partial charge in [0.15, 0.2) is 8.32 Å². The molecule has 4 heteroatoms. The number of hydrogen-bond donors (Lipinski definition) is 0. The van der Waals surface area contributed by atoms with E-state index >= 15 is 0 Å². The highest BCUT2D eigenvalue weighted by molar-refractivity contribution is 6.70. The Bertz CT molecular complexity index is 733. The molecule has 0 spiro atoms. The molecule has 0 aliphatic heterocycles. The Morgan fingerprint density at radius 1 is 0.929 bits per heavy atom. The molecule has 3 aliphatic rings. The van der Waals surface area contributed by atoms with Crippen LogP contribution in [0, 0.1) is 17.3 Å². The molecule has 0 bridgehead atoms. The van der Waals surface area contributed by atoms with Crippen molar-refractivity contribution >= 4 is 16.6 Å². The lowest BCUT2D eigenvalue weighted by molar-refractivity contribution is -0.0140. The molecule has 28 heavy (non-hydrogen) atoms. The Kier molecular flexibility index (Phi) is 5.16. The van der Waals surface area contributed by atoms with Crippen molar-refractivity contribution in [3.05, 3.63) is 29.3 Å². The summed E-state index contributed by atoms with van der Waals surface area (Å²) in [4.78, 5) is 0. The third kappa shape index (κ3) is 3.89. The predicted octanol–water partition coefficient (Wildman–Crippen LogP) is 6.98. The molecule has 2 nitrogen and oxygen atoms in total.